The van der Waals surface area contributed by atoms with E-state index in [4.69, 9.17) is 9.47 Å². The van der Waals surface area contributed by atoms with Crippen LogP contribution in [-0.4, -0.2) is 26.8 Å². The van der Waals surface area contributed by atoms with Gasteiger partial charge in [-0.3, -0.25) is 10.1 Å². The van der Waals surface area contributed by atoms with Gasteiger partial charge in [0, 0.05) is 23.4 Å². The van der Waals surface area contributed by atoms with Crippen molar-refractivity contribution < 1.29 is 14.4 Å². The van der Waals surface area contributed by atoms with Crippen molar-refractivity contribution >= 4 is 17.4 Å². The Morgan fingerprint density at radius 1 is 1.07 bits per heavy atom. The zero-order chi connectivity index (χ0) is 21.7. The van der Waals surface area contributed by atoms with E-state index in [9.17, 15) is 10.1 Å². The van der Waals surface area contributed by atoms with Crippen molar-refractivity contribution in [2.24, 2.45) is 0 Å². The predicted molar refractivity (Wildman–Crippen MR) is 115 cm³/mol. The number of nitrogens with zero attached hydrogens (tertiary/aromatic N) is 4. The molecule has 0 bridgehead atoms. The number of thioether (sulfide) groups is 1. The van der Waals surface area contributed by atoms with E-state index >= 15 is 0 Å². The number of rotatable bonds is 9. The molecule has 0 aliphatic carbocycles. The van der Waals surface area contributed by atoms with Crippen molar-refractivity contribution in [3.05, 3.63) is 70.0 Å². The topological polar surface area (TPSA) is 92.3 Å². The summed E-state index contributed by atoms with van der Waals surface area (Å²) in [7, 11) is 1.60. The van der Waals surface area contributed by atoms with Gasteiger partial charge >= 0.3 is 0 Å². The minimum atomic E-state index is -0.364. The summed E-state index contributed by atoms with van der Waals surface area (Å²) < 4.78 is 13.4. The highest BCUT2D eigenvalue weighted by molar-refractivity contribution is 7.98. The maximum absolute atomic E-state index is 11.3. The Morgan fingerprint density at radius 3 is 2.40 bits per heavy atom. The third-order valence-electron chi connectivity index (χ3n) is 4.49. The van der Waals surface area contributed by atoms with E-state index in [-0.39, 0.29) is 22.8 Å². The first-order valence-electron chi connectivity index (χ1n) is 9.52. The third-order valence-corrected chi connectivity index (χ3v) is 5.48. The van der Waals surface area contributed by atoms with Gasteiger partial charge in [-0.1, -0.05) is 42.1 Å². The van der Waals surface area contributed by atoms with E-state index in [1.165, 1.54) is 17.8 Å². The lowest BCUT2D eigenvalue weighted by atomic mass is 10.2. The zero-order valence-electron chi connectivity index (χ0n) is 17.3. The molecule has 30 heavy (non-hydrogen) atoms. The molecule has 0 fully saturated rings. The third kappa shape index (κ3) is 4.73. The van der Waals surface area contributed by atoms with Crippen LogP contribution in [0.25, 0.3) is 0 Å². The molecule has 3 rings (SSSR count). The number of nitro benzene ring substituents is 1. The molecule has 0 saturated heterocycles. The summed E-state index contributed by atoms with van der Waals surface area (Å²) in [6, 6.07) is 14.3. The predicted octanol–water partition coefficient (Wildman–Crippen LogP) is 5.21. The van der Waals surface area contributed by atoms with Crippen LogP contribution in [0.3, 0.4) is 0 Å². The van der Waals surface area contributed by atoms with Gasteiger partial charge in [0.25, 0.3) is 5.69 Å². The van der Waals surface area contributed by atoms with Crippen LogP contribution < -0.4 is 9.47 Å². The highest BCUT2D eigenvalue weighted by Crippen LogP contribution is 2.33. The van der Waals surface area contributed by atoms with Gasteiger partial charge in [0.05, 0.1) is 12.0 Å². The molecule has 0 N–H and O–H groups in total. The van der Waals surface area contributed by atoms with E-state index in [2.05, 4.69) is 10.2 Å². The van der Waals surface area contributed by atoms with Gasteiger partial charge in [-0.2, -0.15) is 0 Å². The normalized spacial score (nSPS) is 12.0. The Morgan fingerprint density at radius 2 is 1.73 bits per heavy atom. The second kappa shape index (κ2) is 9.62. The Labute approximate surface area is 179 Å². The number of para-hydroxylation sites is 3. The fourth-order valence-electron chi connectivity index (χ4n) is 3.06. The highest BCUT2D eigenvalue weighted by Gasteiger charge is 2.23. The fraction of sp³-hybridized carbons (Fsp3) is 0.333. The molecule has 0 aliphatic rings. The standard InChI is InChI=1S/C21H24N4O4S/c1-14(2)24-20(15(3)29-19-12-8-7-11-18(19)28-4)22-23-21(24)30-13-16-9-5-6-10-17(16)25(26)27/h5-12,14-15H,13H2,1-4H3. The second-order valence-corrected chi connectivity index (χ2v) is 7.83. The number of methoxy groups -OCH3 is 1. The van der Waals surface area contributed by atoms with Gasteiger partial charge in [0.15, 0.2) is 28.6 Å². The molecular weight excluding hydrogens is 404 g/mol. The minimum Gasteiger partial charge on any atom is -0.493 e. The quantitative estimate of drug-likeness (QED) is 0.262. The number of hydrogen-bond acceptors (Lipinski definition) is 7. The van der Waals surface area contributed by atoms with Crippen molar-refractivity contribution in [1.82, 2.24) is 14.8 Å². The number of nitro groups is 1. The molecule has 2 aromatic carbocycles. The SMILES string of the molecule is COc1ccccc1OC(C)c1nnc(SCc2ccccc2[N+](=O)[O-])n1C(C)C. The molecule has 1 unspecified atom stereocenters. The molecule has 8 nitrogen and oxygen atoms in total. The van der Waals surface area contributed by atoms with Crippen molar-refractivity contribution in [2.75, 3.05) is 7.11 Å². The average molecular weight is 429 g/mol. The second-order valence-electron chi connectivity index (χ2n) is 6.89. The largest absolute Gasteiger partial charge is 0.493 e. The molecule has 0 spiro atoms. The van der Waals surface area contributed by atoms with Crippen LogP contribution in [0.2, 0.25) is 0 Å². The molecule has 9 heteroatoms. The summed E-state index contributed by atoms with van der Waals surface area (Å²) in [4.78, 5) is 10.9. The van der Waals surface area contributed by atoms with Crippen LogP contribution in [-0.2, 0) is 5.75 Å². The van der Waals surface area contributed by atoms with Gasteiger partial charge in [0.1, 0.15) is 0 Å². The van der Waals surface area contributed by atoms with Gasteiger partial charge < -0.3 is 14.0 Å². The number of ether oxygens (including phenoxy) is 2. The number of benzene rings is 2. The van der Waals surface area contributed by atoms with Crippen LogP contribution in [0.5, 0.6) is 11.5 Å². The van der Waals surface area contributed by atoms with Gasteiger partial charge in [0.2, 0.25) is 0 Å². The molecule has 3 aromatic rings. The van der Waals surface area contributed by atoms with Crippen LogP contribution in [0.15, 0.2) is 53.7 Å². The smallest absolute Gasteiger partial charge is 0.273 e. The van der Waals surface area contributed by atoms with Crippen LogP contribution in [0.1, 0.15) is 44.3 Å². The fourth-order valence-corrected chi connectivity index (χ4v) is 4.13. The Kier molecular flexibility index (Phi) is 6.94. The average Bonchev–Trinajstić information content (AvgIpc) is 3.17. The molecule has 1 atom stereocenters. The summed E-state index contributed by atoms with van der Waals surface area (Å²) in [6.07, 6.45) is -0.364. The zero-order valence-corrected chi connectivity index (χ0v) is 18.1. The minimum absolute atomic E-state index is 0.0898. The number of aromatic nitrogens is 3. The molecular formula is C21H24N4O4S. The van der Waals surface area contributed by atoms with Crippen molar-refractivity contribution in [2.45, 2.75) is 43.8 Å². The Bertz CT molecular complexity index is 1020. The van der Waals surface area contributed by atoms with Crippen LogP contribution >= 0.6 is 11.8 Å². The van der Waals surface area contributed by atoms with Crippen LogP contribution in [0, 0.1) is 10.1 Å². The van der Waals surface area contributed by atoms with Gasteiger partial charge in [-0.15, -0.1) is 10.2 Å². The molecule has 0 saturated carbocycles. The Balaban J connectivity index is 1.82. The van der Waals surface area contributed by atoms with E-state index in [1.807, 2.05) is 49.6 Å². The summed E-state index contributed by atoms with van der Waals surface area (Å²) in [5.41, 5.74) is 0.749. The van der Waals surface area contributed by atoms with Crippen LogP contribution in [0.4, 0.5) is 5.69 Å². The van der Waals surface area contributed by atoms with Crippen molar-refractivity contribution in [1.29, 1.82) is 0 Å². The number of hydrogen-bond donors (Lipinski definition) is 0. The first kappa shape index (κ1) is 21.6. The summed E-state index contributed by atoms with van der Waals surface area (Å²) in [5, 5.41) is 20.6. The first-order valence-corrected chi connectivity index (χ1v) is 10.5. The van der Waals surface area contributed by atoms with Crippen molar-refractivity contribution in [3.8, 4) is 11.5 Å². The molecule has 0 amide bonds. The summed E-state index contributed by atoms with van der Waals surface area (Å²) in [5.74, 6) is 2.37. The summed E-state index contributed by atoms with van der Waals surface area (Å²) in [6.45, 7) is 5.99. The molecule has 0 radical (unpaired) electrons. The van der Waals surface area contributed by atoms with E-state index in [1.54, 1.807) is 25.3 Å². The lowest BCUT2D eigenvalue weighted by Crippen LogP contribution is -2.14. The van der Waals surface area contributed by atoms with E-state index in [0.29, 0.717) is 33.8 Å². The Hall–Kier alpha value is -3.07. The molecule has 1 heterocycles. The lowest BCUT2D eigenvalue weighted by molar-refractivity contribution is -0.385. The monoisotopic (exact) mass is 428 g/mol. The molecule has 158 valence electrons. The maximum Gasteiger partial charge on any atom is 0.273 e. The molecule has 1 aromatic heterocycles. The summed E-state index contributed by atoms with van der Waals surface area (Å²) >= 11 is 1.42. The highest BCUT2D eigenvalue weighted by atomic mass is 32.2. The van der Waals surface area contributed by atoms with E-state index in [0.717, 1.165) is 0 Å². The first-order chi connectivity index (χ1) is 14.4. The van der Waals surface area contributed by atoms with Gasteiger partial charge in [-0.05, 0) is 32.9 Å². The van der Waals surface area contributed by atoms with Gasteiger partial charge in [-0.25, -0.2) is 0 Å². The maximum atomic E-state index is 11.3. The van der Waals surface area contributed by atoms with Crippen molar-refractivity contribution in [3.63, 3.8) is 0 Å². The molecule has 0 aliphatic heterocycles. The van der Waals surface area contributed by atoms with E-state index < -0.39 is 0 Å². The lowest BCUT2D eigenvalue weighted by Gasteiger charge is -2.19.